The number of nitrogens with one attached hydrogen (secondary N) is 1. The van der Waals surface area contributed by atoms with Crippen molar-refractivity contribution in [2.45, 2.75) is 25.7 Å². The minimum absolute atomic E-state index is 0.0708. The van der Waals surface area contributed by atoms with Crippen molar-refractivity contribution in [3.63, 3.8) is 0 Å². The van der Waals surface area contributed by atoms with Gasteiger partial charge in [0.1, 0.15) is 5.69 Å². The highest BCUT2D eigenvalue weighted by molar-refractivity contribution is 7.89. The third-order valence-corrected chi connectivity index (χ3v) is 6.33. The highest BCUT2D eigenvalue weighted by atomic mass is 32.2. The van der Waals surface area contributed by atoms with E-state index < -0.39 is 20.6 Å². The summed E-state index contributed by atoms with van der Waals surface area (Å²) >= 11 is 0. The number of hydrogen-bond acceptors (Lipinski definition) is 7. The van der Waals surface area contributed by atoms with Gasteiger partial charge in [0.2, 0.25) is 10.0 Å². The Balaban J connectivity index is 2.36. The third kappa shape index (κ3) is 4.96. The zero-order chi connectivity index (χ0) is 21.6. The van der Waals surface area contributed by atoms with E-state index in [-0.39, 0.29) is 23.7 Å². The minimum atomic E-state index is -3.82. The summed E-state index contributed by atoms with van der Waals surface area (Å²) < 4.78 is 26.5. The number of nitrogens with zero attached hydrogens (tertiary/aromatic N) is 4. The van der Waals surface area contributed by atoms with E-state index in [9.17, 15) is 18.5 Å². The summed E-state index contributed by atoms with van der Waals surface area (Å²) in [5.74, 6) is 0. The van der Waals surface area contributed by atoms with E-state index in [1.807, 2.05) is 6.07 Å². The van der Waals surface area contributed by atoms with E-state index in [4.69, 9.17) is 5.26 Å². The van der Waals surface area contributed by atoms with Crippen molar-refractivity contribution in [1.29, 1.82) is 5.26 Å². The molecule has 0 saturated carbocycles. The van der Waals surface area contributed by atoms with Gasteiger partial charge in [-0.3, -0.25) is 15.5 Å². The van der Waals surface area contributed by atoms with Crippen molar-refractivity contribution in [3.05, 3.63) is 63.7 Å². The normalized spacial score (nSPS) is 11.9. The average molecular weight is 415 g/mol. The maximum atomic E-state index is 12.6. The van der Waals surface area contributed by atoms with Gasteiger partial charge in [-0.15, -0.1) is 0 Å². The molecule has 9 nitrogen and oxygen atoms in total. The second kappa shape index (κ2) is 9.27. The number of nitriles is 1. The lowest BCUT2D eigenvalue weighted by atomic mass is 10.1. The largest absolute Gasteiger partial charge is 0.295 e. The maximum Gasteiger partial charge on any atom is 0.295 e. The first-order valence-electron chi connectivity index (χ1n) is 8.84. The zero-order valence-corrected chi connectivity index (χ0v) is 17.1. The molecule has 0 aliphatic rings. The van der Waals surface area contributed by atoms with Crippen LogP contribution in [0, 0.1) is 21.4 Å². The summed E-state index contributed by atoms with van der Waals surface area (Å²) in [6.45, 7) is 5.64. The first kappa shape index (κ1) is 22.0. The number of rotatable bonds is 8. The van der Waals surface area contributed by atoms with Crippen molar-refractivity contribution in [1.82, 2.24) is 4.31 Å². The lowest BCUT2D eigenvalue weighted by molar-refractivity contribution is -0.384. The van der Waals surface area contributed by atoms with Gasteiger partial charge in [-0.05, 0) is 36.8 Å². The summed E-state index contributed by atoms with van der Waals surface area (Å²) in [5, 5.41) is 24.5. The molecular formula is C19H21N5O4S. The van der Waals surface area contributed by atoms with Crippen LogP contribution in [0.1, 0.15) is 31.9 Å². The molecule has 0 bridgehead atoms. The molecule has 0 saturated heterocycles. The standard InChI is InChI=1S/C19H21N5O4S/c1-4-23(5-2)29(27,28)17-10-11-18(19(12-17)24(25)26)22-21-14(3)16-8-6-15(13-20)7-9-16/h6-12,22H,4-5H2,1-3H3/b21-14-. The highest BCUT2D eigenvalue weighted by Gasteiger charge is 2.25. The summed E-state index contributed by atoms with van der Waals surface area (Å²) in [6, 6.07) is 12.4. The van der Waals surface area contributed by atoms with Crippen LogP contribution in [0.5, 0.6) is 0 Å². The van der Waals surface area contributed by atoms with Crippen LogP contribution < -0.4 is 5.43 Å². The van der Waals surface area contributed by atoms with Gasteiger partial charge in [0.15, 0.2) is 0 Å². The molecule has 10 heteroatoms. The second-order valence-electron chi connectivity index (χ2n) is 6.02. The van der Waals surface area contributed by atoms with Crippen LogP contribution in [-0.4, -0.2) is 36.4 Å². The molecule has 0 fully saturated rings. The Morgan fingerprint density at radius 3 is 2.34 bits per heavy atom. The number of hydrogen-bond donors (Lipinski definition) is 1. The Morgan fingerprint density at radius 1 is 1.21 bits per heavy atom. The van der Waals surface area contributed by atoms with Crippen LogP contribution in [-0.2, 0) is 10.0 Å². The summed E-state index contributed by atoms with van der Waals surface area (Å²) in [4.78, 5) is 10.7. The van der Waals surface area contributed by atoms with Crippen LogP contribution >= 0.6 is 0 Å². The molecule has 0 unspecified atom stereocenters. The Morgan fingerprint density at radius 2 is 1.83 bits per heavy atom. The molecule has 0 aromatic heterocycles. The summed E-state index contributed by atoms with van der Waals surface area (Å²) in [5.41, 5.74) is 4.10. The lowest BCUT2D eigenvalue weighted by Crippen LogP contribution is -2.30. The SMILES string of the molecule is CCN(CC)S(=O)(=O)c1ccc(N/N=C(/C)c2ccc(C#N)cc2)c([N+](=O)[O-])c1. The van der Waals surface area contributed by atoms with Crippen LogP contribution in [0.4, 0.5) is 11.4 Å². The molecule has 0 spiro atoms. The molecule has 1 N–H and O–H groups in total. The van der Waals surface area contributed by atoms with Crippen LogP contribution in [0.15, 0.2) is 52.5 Å². The van der Waals surface area contributed by atoms with E-state index >= 15 is 0 Å². The molecule has 0 amide bonds. The molecule has 29 heavy (non-hydrogen) atoms. The van der Waals surface area contributed by atoms with Gasteiger partial charge in [-0.2, -0.15) is 14.7 Å². The summed E-state index contributed by atoms with van der Waals surface area (Å²) in [7, 11) is -3.82. The molecule has 2 aromatic rings. The van der Waals surface area contributed by atoms with Gasteiger partial charge in [0, 0.05) is 19.2 Å². The van der Waals surface area contributed by atoms with Gasteiger partial charge in [-0.25, -0.2) is 8.42 Å². The van der Waals surface area contributed by atoms with Gasteiger partial charge in [-0.1, -0.05) is 26.0 Å². The van der Waals surface area contributed by atoms with Crippen molar-refractivity contribution in [3.8, 4) is 6.07 Å². The van der Waals surface area contributed by atoms with E-state index in [1.165, 1.54) is 16.4 Å². The van der Waals surface area contributed by atoms with Gasteiger partial charge in [0.25, 0.3) is 5.69 Å². The number of nitro groups is 1. The van der Waals surface area contributed by atoms with Crippen molar-refractivity contribution >= 4 is 27.1 Å². The Kier molecular flexibility index (Phi) is 7.03. The molecule has 152 valence electrons. The molecule has 2 aromatic carbocycles. The smallest absolute Gasteiger partial charge is 0.271 e. The number of nitro benzene ring substituents is 1. The first-order valence-corrected chi connectivity index (χ1v) is 10.3. The van der Waals surface area contributed by atoms with E-state index in [0.29, 0.717) is 11.3 Å². The molecule has 0 heterocycles. The number of hydrazone groups is 1. The number of benzene rings is 2. The predicted molar refractivity (Wildman–Crippen MR) is 110 cm³/mol. The van der Waals surface area contributed by atoms with Crippen molar-refractivity contribution < 1.29 is 13.3 Å². The van der Waals surface area contributed by atoms with Gasteiger partial charge >= 0.3 is 0 Å². The average Bonchev–Trinajstić information content (AvgIpc) is 2.72. The van der Waals surface area contributed by atoms with Crippen molar-refractivity contribution in [2.75, 3.05) is 18.5 Å². The number of anilines is 1. The Bertz CT molecular complexity index is 1070. The van der Waals surface area contributed by atoms with Crippen LogP contribution in [0.25, 0.3) is 0 Å². The fourth-order valence-corrected chi connectivity index (χ4v) is 4.10. The third-order valence-electron chi connectivity index (χ3n) is 4.28. The fraction of sp³-hybridized carbons (Fsp3) is 0.263. The monoisotopic (exact) mass is 415 g/mol. The topological polar surface area (TPSA) is 129 Å². The molecule has 0 aliphatic heterocycles. The molecule has 2 rings (SSSR count). The quantitative estimate of drug-likeness (QED) is 0.400. The first-order chi connectivity index (χ1) is 13.7. The second-order valence-corrected chi connectivity index (χ2v) is 7.96. The number of sulfonamides is 1. The van der Waals surface area contributed by atoms with Gasteiger partial charge < -0.3 is 0 Å². The maximum absolute atomic E-state index is 12.6. The fourth-order valence-electron chi connectivity index (χ4n) is 2.62. The van der Waals surface area contributed by atoms with Crippen LogP contribution in [0.3, 0.4) is 0 Å². The van der Waals surface area contributed by atoms with Crippen LogP contribution in [0.2, 0.25) is 0 Å². The minimum Gasteiger partial charge on any atom is -0.271 e. The van der Waals surface area contributed by atoms with E-state index in [2.05, 4.69) is 10.5 Å². The summed E-state index contributed by atoms with van der Waals surface area (Å²) in [6.07, 6.45) is 0. The molecular weight excluding hydrogens is 394 g/mol. The molecule has 0 radical (unpaired) electrons. The molecule has 0 atom stereocenters. The Hall–Kier alpha value is -3.29. The molecule has 0 aliphatic carbocycles. The predicted octanol–water partition coefficient (Wildman–Crippen LogP) is 3.33. The lowest BCUT2D eigenvalue weighted by Gasteiger charge is -2.18. The zero-order valence-electron chi connectivity index (χ0n) is 16.3. The van der Waals surface area contributed by atoms with Gasteiger partial charge in [0.05, 0.1) is 27.2 Å². The van der Waals surface area contributed by atoms with E-state index in [1.54, 1.807) is 45.0 Å². The van der Waals surface area contributed by atoms with E-state index in [0.717, 1.165) is 11.6 Å². The Labute approximate surface area is 169 Å². The highest BCUT2D eigenvalue weighted by Crippen LogP contribution is 2.29. The van der Waals surface area contributed by atoms with Crippen molar-refractivity contribution in [2.24, 2.45) is 5.10 Å².